The number of fused-ring (bicyclic) bond motifs is 2. The molecule has 32 heavy (non-hydrogen) atoms. The van der Waals surface area contributed by atoms with Gasteiger partial charge in [0.15, 0.2) is 0 Å². The monoisotopic (exact) mass is 424 g/mol. The molecule has 0 saturated carbocycles. The van der Waals surface area contributed by atoms with Crippen LogP contribution in [0.1, 0.15) is 30.5 Å². The van der Waals surface area contributed by atoms with Crippen LogP contribution in [0.4, 0.5) is 0 Å². The summed E-state index contributed by atoms with van der Waals surface area (Å²) in [5, 5.41) is 14.2. The van der Waals surface area contributed by atoms with Crippen LogP contribution in [-0.4, -0.2) is 32.8 Å². The number of hydrogen-bond donors (Lipinski definition) is 1. The van der Waals surface area contributed by atoms with E-state index < -0.39 is 17.7 Å². The quantitative estimate of drug-likeness (QED) is 0.280. The average molecular weight is 425 g/mol. The summed E-state index contributed by atoms with van der Waals surface area (Å²) in [7, 11) is 1.95. The first-order valence-electron chi connectivity index (χ1n) is 10.8. The molecule has 1 unspecified atom stereocenters. The molecule has 1 saturated heterocycles. The van der Waals surface area contributed by atoms with Crippen LogP contribution in [0.2, 0.25) is 0 Å². The van der Waals surface area contributed by atoms with E-state index in [2.05, 4.69) is 0 Å². The van der Waals surface area contributed by atoms with Gasteiger partial charge >= 0.3 is 0 Å². The zero-order chi connectivity index (χ0) is 22.4. The molecule has 1 aliphatic rings. The number of benzene rings is 3. The molecule has 0 aliphatic carbocycles. The number of hydrogen-bond acceptors (Lipinski definition) is 3. The number of Topliss-reactive ketones (excluding diaryl/α,β-unsaturated/α-hetero) is 1. The number of carbonyl (C=O) groups is 2. The van der Waals surface area contributed by atoms with Crippen molar-refractivity contribution in [2.75, 3.05) is 6.54 Å². The van der Waals surface area contributed by atoms with Crippen molar-refractivity contribution in [1.82, 2.24) is 9.47 Å². The number of amides is 1. The van der Waals surface area contributed by atoms with E-state index in [0.29, 0.717) is 18.5 Å². The number of aliphatic hydroxyl groups is 1. The van der Waals surface area contributed by atoms with Gasteiger partial charge in [0.2, 0.25) is 0 Å². The van der Waals surface area contributed by atoms with Crippen molar-refractivity contribution in [1.29, 1.82) is 0 Å². The molecule has 3 aromatic carbocycles. The van der Waals surface area contributed by atoms with E-state index in [0.717, 1.165) is 27.2 Å². The van der Waals surface area contributed by atoms with Gasteiger partial charge in [0, 0.05) is 41.8 Å². The molecule has 160 valence electrons. The summed E-state index contributed by atoms with van der Waals surface area (Å²) in [6.07, 6.45) is 2.67. The first kappa shape index (κ1) is 20.1. The molecule has 1 N–H and O–H groups in total. The highest BCUT2D eigenvalue weighted by Crippen LogP contribution is 2.43. The van der Waals surface area contributed by atoms with E-state index in [1.807, 2.05) is 85.4 Å². The Kier molecular flexibility index (Phi) is 4.82. The largest absolute Gasteiger partial charge is 0.507 e. The lowest BCUT2D eigenvalue weighted by atomic mass is 9.93. The van der Waals surface area contributed by atoms with E-state index in [9.17, 15) is 14.7 Å². The number of rotatable bonds is 4. The number of likely N-dealkylation sites (tertiary alicyclic amines) is 1. The molecule has 1 atom stereocenters. The molecule has 1 aromatic heterocycles. The fourth-order valence-corrected chi connectivity index (χ4v) is 4.84. The minimum atomic E-state index is -0.639. The van der Waals surface area contributed by atoms with Crippen molar-refractivity contribution < 1.29 is 14.7 Å². The van der Waals surface area contributed by atoms with Gasteiger partial charge in [-0.25, -0.2) is 0 Å². The van der Waals surface area contributed by atoms with Gasteiger partial charge in [0.25, 0.3) is 11.7 Å². The number of carbonyl (C=O) groups excluding carboxylic acids is 2. The van der Waals surface area contributed by atoms with Crippen LogP contribution in [-0.2, 0) is 16.6 Å². The van der Waals surface area contributed by atoms with Crippen LogP contribution >= 0.6 is 0 Å². The topological polar surface area (TPSA) is 62.5 Å². The average Bonchev–Trinajstić information content (AvgIpc) is 3.27. The molecule has 0 bridgehead atoms. The Labute approximate surface area is 186 Å². The normalized spacial score (nSPS) is 18.2. The molecule has 5 heteroatoms. The highest BCUT2D eigenvalue weighted by Gasteiger charge is 2.46. The van der Waals surface area contributed by atoms with Crippen LogP contribution in [0, 0.1) is 0 Å². The number of aliphatic hydroxyl groups excluding tert-OH is 1. The zero-order valence-corrected chi connectivity index (χ0v) is 18.1. The highest BCUT2D eigenvalue weighted by atomic mass is 16.3. The lowest BCUT2D eigenvalue weighted by molar-refractivity contribution is -0.139. The molecule has 1 amide bonds. The van der Waals surface area contributed by atoms with E-state index in [1.165, 1.54) is 0 Å². The van der Waals surface area contributed by atoms with Gasteiger partial charge in [0.1, 0.15) is 5.76 Å². The summed E-state index contributed by atoms with van der Waals surface area (Å²) in [4.78, 5) is 27.9. The van der Waals surface area contributed by atoms with Crippen molar-refractivity contribution in [3.05, 3.63) is 89.6 Å². The fraction of sp³-hybridized carbons (Fsp3) is 0.185. The van der Waals surface area contributed by atoms with Crippen LogP contribution in [0.15, 0.2) is 78.5 Å². The van der Waals surface area contributed by atoms with Crippen molar-refractivity contribution >= 4 is 39.1 Å². The van der Waals surface area contributed by atoms with Crippen LogP contribution in [0.25, 0.3) is 27.4 Å². The van der Waals surface area contributed by atoms with E-state index in [4.69, 9.17) is 0 Å². The van der Waals surface area contributed by atoms with Crippen molar-refractivity contribution in [2.24, 2.45) is 7.05 Å². The molecule has 1 fully saturated rings. The number of para-hydroxylation sites is 1. The fourth-order valence-electron chi connectivity index (χ4n) is 4.84. The predicted octanol–water partition coefficient (Wildman–Crippen LogP) is 5.16. The third-order valence-electron chi connectivity index (χ3n) is 6.27. The van der Waals surface area contributed by atoms with Gasteiger partial charge in [-0.15, -0.1) is 0 Å². The number of aryl methyl sites for hydroxylation is 1. The first-order chi connectivity index (χ1) is 15.5. The zero-order valence-electron chi connectivity index (χ0n) is 18.1. The third-order valence-corrected chi connectivity index (χ3v) is 6.27. The standard InChI is InChI=1S/C27H24N2O3/c1-3-15-29-24(21-16-28(2)22-14-7-6-12-19(21)22)23(26(31)27(29)32)25(30)20-13-8-10-17-9-4-5-11-18(17)20/h4-14,16,24,30H,3,15H2,1-2H3/b25-23+. The number of aromatic nitrogens is 1. The lowest BCUT2D eigenvalue weighted by Gasteiger charge is -2.24. The smallest absolute Gasteiger partial charge is 0.295 e. The van der Waals surface area contributed by atoms with E-state index in [-0.39, 0.29) is 11.3 Å². The Balaban J connectivity index is 1.80. The minimum Gasteiger partial charge on any atom is -0.507 e. The molecular formula is C27H24N2O3. The summed E-state index contributed by atoms with van der Waals surface area (Å²) < 4.78 is 1.99. The predicted molar refractivity (Wildman–Crippen MR) is 126 cm³/mol. The summed E-state index contributed by atoms with van der Waals surface area (Å²) in [6, 6.07) is 20.6. The van der Waals surface area contributed by atoms with Gasteiger partial charge in [-0.05, 0) is 23.3 Å². The second kappa shape index (κ2) is 7.68. The Hall–Kier alpha value is -3.86. The summed E-state index contributed by atoms with van der Waals surface area (Å²) in [5.41, 5.74) is 2.56. The maximum atomic E-state index is 13.3. The summed E-state index contributed by atoms with van der Waals surface area (Å²) in [5.74, 6) is -1.33. The van der Waals surface area contributed by atoms with Crippen molar-refractivity contribution in [2.45, 2.75) is 19.4 Å². The van der Waals surface area contributed by atoms with Crippen LogP contribution in [0.5, 0.6) is 0 Å². The minimum absolute atomic E-state index is 0.128. The maximum Gasteiger partial charge on any atom is 0.295 e. The SMILES string of the molecule is CCCN1C(=O)C(=O)/C(=C(/O)c2cccc3ccccc23)C1c1cn(C)c2ccccc12. The van der Waals surface area contributed by atoms with E-state index in [1.54, 1.807) is 11.0 Å². The number of nitrogens with zero attached hydrogens (tertiary/aromatic N) is 2. The van der Waals surface area contributed by atoms with Gasteiger partial charge in [-0.3, -0.25) is 9.59 Å². The lowest BCUT2D eigenvalue weighted by Crippen LogP contribution is -2.30. The molecule has 4 aromatic rings. The van der Waals surface area contributed by atoms with Crippen LogP contribution in [0.3, 0.4) is 0 Å². The maximum absolute atomic E-state index is 13.3. The third kappa shape index (κ3) is 2.93. The highest BCUT2D eigenvalue weighted by molar-refractivity contribution is 6.46. The molecule has 2 heterocycles. The molecular weight excluding hydrogens is 400 g/mol. The van der Waals surface area contributed by atoms with Gasteiger partial charge in [-0.2, -0.15) is 0 Å². The van der Waals surface area contributed by atoms with Gasteiger partial charge < -0.3 is 14.6 Å². The van der Waals surface area contributed by atoms with E-state index >= 15 is 0 Å². The molecule has 1 aliphatic heterocycles. The molecule has 5 nitrogen and oxygen atoms in total. The molecule has 0 radical (unpaired) electrons. The Bertz CT molecular complexity index is 1410. The Morgan fingerprint density at radius 2 is 1.62 bits per heavy atom. The van der Waals surface area contributed by atoms with Crippen LogP contribution < -0.4 is 0 Å². The molecule has 0 spiro atoms. The second-order valence-electron chi connectivity index (χ2n) is 8.23. The van der Waals surface area contributed by atoms with Crippen molar-refractivity contribution in [3.63, 3.8) is 0 Å². The van der Waals surface area contributed by atoms with Gasteiger partial charge in [0.05, 0.1) is 11.6 Å². The second-order valence-corrected chi connectivity index (χ2v) is 8.23. The van der Waals surface area contributed by atoms with Crippen molar-refractivity contribution in [3.8, 4) is 0 Å². The summed E-state index contributed by atoms with van der Waals surface area (Å²) in [6.45, 7) is 2.41. The van der Waals surface area contributed by atoms with Gasteiger partial charge in [-0.1, -0.05) is 67.6 Å². The number of ketones is 1. The first-order valence-corrected chi connectivity index (χ1v) is 10.8. The summed E-state index contributed by atoms with van der Waals surface area (Å²) >= 11 is 0. The Morgan fingerprint density at radius 1 is 0.938 bits per heavy atom. The molecule has 5 rings (SSSR count). The Morgan fingerprint density at radius 3 is 2.41 bits per heavy atom.